The van der Waals surface area contributed by atoms with E-state index in [0.29, 0.717) is 22.4 Å². The molecule has 152 valence electrons. The summed E-state index contributed by atoms with van der Waals surface area (Å²) in [6.45, 7) is 1.99. The summed E-state index contributed by atoms with van der Waals surface area (Å²) in [7, 11) is 3.13. The number of hydrogen-bond acceptors (Lipinski definition) is 5. The van der Waals surface area contributed by atoms with Gasteiger partial charge in [0.1, 0.15) is 11.5 Å². The van der Waals surface area contributed by atoms with Crippen molar-refractivity contribution in [2.24, 2.45) is 0 Å². The third-order valence-electron chi connectivity index (χ3n) is 4.75. The fourth-order valence-electron chi connectivity index (χ4n) is 3.25. The highest BCUT2D eigenvalue weighted by atomic mass is 16.5. The highest BCUT2D eigenvalue weighted by Gasteiger charge is 2.16. The largest absolute Gasteiger partial charge is 0.497 e. The van der Waals surface area contributed by atoms with Gasteiger partial charge < -0.3 is 14.8 Å². The quantitative estimate of drug-likeness (QED) is 0.635. The van der Waals surface area contributed by atoms with Gasteiger partial charge in [0.25, 0.3) is 5.56 Å². The molecule has 0 bridgehead atoms. The van der Waals surface area contributed by atoms with E-state index in [0.717, 1.165) is 5.56 Å². The molecule has 0 aliphatic carbocycles. The normalized spacial score (nSPS) is 11.8. The summed E-state index contributed by atoms with van der Waals surface area (Å²) in [5.74, 6) is 1.07. The Kier molecular flexibility index (Phi) is 6.01. The number of aryl methyl sites for hydroxylation is 1. The first kappa shape index (κ1) is 20.2. The van der Waals surface area contributed by atoms with Crippen LogP contribution in [0.15, 0.2) is 52.1 Å². The van der Waals surface area contributed by atoms with Gasteiger partial charge in [-0.2, -0.15) is 0 Å². The van der Waals surface area contributed by atoms with Gasteiger partial charge in [0.2, 0.25) is 5.91 Å². The van der Waals surface area contributed by atoms with E-state index in [9.17, 15) is 14.4 Å². The zero-order chi connectivity index (χ0) is 21.0. The molecule has 0 aliphatic heterocycles. The van der Waals surface area contributed by atoms with Crippen LogP contribution in [0.3, 0.4) is 0 Å². The van der Waals surface area contributed by atoms with Crippen molar-refractivity contribution in [1.82, 2.24) is 14.9 Å². The molecule has 1 aromatic heterocycles. The molecule has 1 amide bonds. The van der Waals surface area contributed by atoms with Crippen molar-refractivity contribution >= 4 is 16.8 Å². The van der Waals surface area contributed by atoms with Crippen LogP contribution in [0, 0.1) is 0 Å². The van der Waals surface area contributed by atoms with Gasteiger partial charge in [0.15, 0.2) is 0 Å². The molecule has 0 saturated carbocycles. The number of methoxy groups -OCH3 is 2. The SMILES string of the molecule is COc1ccc(OC)c(C(C)NC(=O)CCn2c(=O)[nH]c(=O)c3ccccc32)c1. The van der Waals surface area contributed by atoms with Crippen LogP contribution in [0.25, 0.3) is 10.9 Å². The van der Waals surface area contributed by atoms with Crippen molar-refractivity contribution in [1.29, 1.82) is 0 Å². The molecule has 0 radical (unpaired) electrons. The van der Waals surface area contributed by atoms with Crippen LogP contribution < -0.4 is 26.0 Å². The molecule has 0 spiro atoms. The fraction of sp³-hybridized carbons (Fsp3) is 0.286. The smallest absolute Gasteiger partial charge is 0.328 e. The third kappa shape index (κ3) is 4.31. The number of H-pyrrole nitrogens is 1. The lowest BCUT2D eigenvalue weighted by molar-refractivity contribution is -0.121. The molecule has 0 saturated heterocycles. The molecule has 3 aromatic rings. The molecule has 3 rings (SSSR count). The van der Waals surface area contributed by atoms with Gasteiger partial charge in [-0.1, -0.05) is 12.1 Å². The second kappa shape index (κ2) is 8.64. The molecule has 1 unspecified atom stereocenters. The molecule has 8 nitrogen and oxygen atoms in total. The second-order valence-corrected chi connectivity index (χ2v) is 6.58. The minimum absolute atomic E-state index is 0.0760. The van der Waals surface area contributed by atoms with E-state index in [1.54, 1.807) is 50.6 Å². The molecule has 0 fully saturated rings. The van der Waals surface area contributed by atoms with Gasteiger partial charge in [-0.15, -0.1) is 0 Å². The Morgan fingerprint density at radius 1 is 1.14 bits per heavy atom. The number of aromatic amines is 1. The van der Waals surface area contributed by atoms with Crippen molar-refractivity contribution in [3.63, 3.8) is 0 Å². The van der Waals surface area contributed by atoms with Crippen LogP contribution in [0.1, 0.15) is 24.9 Å². The standard InChI is InChI=1S/C21H23N3O5/c1-13(16-12-14(28-2)8-9-18(16)29-3)22-19(25)10-11-24-17-7-5-4-6-15(17)20(26)23-21(24)27/h4-9,12-13H,10-11H2,1-3H3,(H,22,25)(H,23,26,27). The first-order chi connectivity index (χ1) is 13.9. The molecule has 8 heteroatoms. The number of nitrogens with one attached hydrogen (secondary N) is 2. The molecule has 1 heterocycles. The van der Waals surface area contributed by atoms with Gasteiger partial charge in [0, 0.05) is 18.5 Å². The number of amides is 1. The van der Waals surface area contributed by atoms with Gasteiger partial charge >= 0.3 is 5.69 Å². The number of aromatic nitrogens is 2. The van der Waals surface area contributed by atoms with E-state index < -0.39 is 11.2 Å². The number of carbonyl (C=O) groups is 1. The van der Waals surface area contributed by atoms with Crippen molar-refractivity contribution in [3.05, 3.63) is 68.9 Å². The Bertz CT molecular complexity index is 1150. The molecule has 0 aliphatic rings. The summed E-state index contributed by atoms with van der Waals surface area (Å²) < 4.78 is 12.0. The zero-order valence-electron chi connectivity index (χ0n) is 16.5. The highest BCUT2D eigenvalue weighted by Crippen LogP contribution is 2.29. The molecule has 2 N–H and O–H groups in total. The number of carbonyl (C=O) groups excluding carboxylic acids is 1. The summed E-state index contributed by atoms with van der Waals surface area (Å²) in [6, 6.07) is 11.8. The summed E-state index contributed by atoms with van der Waals surface area (Å²) in [5, 5.41) is 3.31. The molecular weight excluding hydrogens is 374 g/mol. The van der Waals surface area contributed by atoms with E-state index in [2.05, 4.69) is 10.3 Å². The lowest BCUT2D eigenvalue weighted by Crippen LogP contribution is -2.33. The number of benzene rings is 2. The van der Waals surface area contributed by atoms with E-state index in [4.69, 9.17) is 9.47 Å². The monoisotopic (exact) mass is 397 g/mol. The van der Waals surface area contributed by atoms with E-state index in [1.165, 1.54) is 4.57 Å². The highest BCUT2D eigenvalue weighted by molar-refractivity contribution is 5.79. The van der Waals surface area contributed by atoms with Crippen LogP contribution in [-0.4, -0.2) is 29.7 Å². The second-order valence-electron chi connectivity index (χ2n) is 6.58. The molecule has 1 atom stereocenters. The van der Waals surface area contributed by atoms with Crippen LogP contribution in [0.2, 0.25) is 0 Å². The summed E-state index contributed by atoms with van der Waals surface area (Å²) in [4.78, 5) is 38.9. The Balaban J connectivity index is 1.75. The maximum absolute atomic E-state index is 12.5. The average Bonchev–Trinajstić information content (AvgIpc) is 2.73. The zero-order valence-corrected chi connectivity index (χ0v) is 16.5. The summed E-state index contributed by atoms with van der Waals surface area (Å²) in [6.07, 6.45) is 0.0760. The minimum Gasteiger partial charge on any atom is -0.497 e. The van der Waals surface area contributed by atoms with Crippen LogP contribution in [-0.2, 0) is 11.3 Å². The minimum atomic E-state index is -0.538. The van der Waals surface area contributed by atoms with E-state index in [-0.39, 0.29) is 24.9 Å². The average molecular weight is 397 g/mol. The number of nitrogens with zero attached hydrogens (tertiary/aromatic N) is 1. The summed E-state index contributed by atoms with van der Waals surface area (Å²) >= 11 is 0. The van der Waals surface area contributed by atoms with Crippen LogP contribution in [0.5, 0.6) is 11.5 Å². The Morgan fingerprint density at radius 2 is 1.90 bits per heavy atom. The predicted molar refractivity (Wildman–Crippen MR) is 110 cm³/mol. The first-order valence-electron chi connectivity index (χ1n) is 9.17. The van der Waals surface area contributed by atoms with Crippen molar-refractivity contribution in [2.75, 3.05) is 14.2 Å². The van der Waals surface area contributed by atoms with Crippen LogP contribution in [0.4, 0.5) is 0 Å². The number of fused-ring (bicyclic) bond motifs is 1. The van der Waals surface area contributed by atoms with Gasteiger partial charge in [-0.3, -0.25) is 19.1 Å². The van der Waals surface area contributed by atoms with Crippen molar-refractivity contribution in [2.45, 2.75) is 25.9 Å². The van der Waals surface area contributed by atoms with Gasteiger partial charge in [0.05, 0.1) is 31.2 Å². The number of hydrogen-bond donors (Lipinski definition) is 2. The lowest BCUT2D eigenvalue weighted by atomic mass is 10.1. The molecular formula is C21H23N3O5. The third-order valence-corrected chi connectivity index (χ3v) is 4.75. The Labute approximate surface area is 167 Å². The fourth-order valence-corrected chi connectivity index (χ4v) is 3.25. The maximum atomic E-state index is 12.5. The molecule has 29 heavy (non-hydrogen) atoms. The van der Waals surface area contributed by atoms with Crippen LogP contribution >= 0.6 is 0 Å². The van der Waals surface area contributed by atoms with E-state index >= 15 is 0 Å². The van der Waals surface area contributed by atoms with Gasteiger partial charge in [-0.05, 0) is 37.3 Å². The van der Waals surface area contributed by atoms with Crippen molar-refractivity contribution in [3.8, 4) is 11.5 Å². The maximum Gasteiger partial charge on any atom is 0.328 e. The topological polar surface area (TPSA) is 102 Å². The van der Waals surface area contributed by atoms with Gasteiger partial charge in [-0.25, -0.2) is 4.79 Å². The Morgan fingerprint density at radius 3 is 2.62 bits per heavy atom. The van der Waals surface area contributed by atoms with Crippen molar-refractivity contribution < 1.29 is 14.3 Å². The summed E-state index contributed by atoms with van der Waals surface area (Å²) in [5.41, 5.74) is 0.303. The number of para-hydroxylation sites is 1. The number of rotatable bonds is 7. The first-order valence-corrected chi connectivity index (χ1v) is 9.17. The van der Waals surface area contributed by atoms with E-state index in [1.807, 2.05) is 13.0 Å². The lowest BCUT2D eigenvalue weighted by Gasteiger charge is -2.18. The Hall–Kier alpha value is -3.55. The number of ether oxygens (including phenoxy) is 2. The predicted octanol–water partition coefficient (Wildman–Crippen LogP) is 1.97. The molecule has 2 aromatic carbocycles.